The number of hydrogen-bond acceptors (Lipinski definition) is 5. The van der Waals surface area contributed by atoms with E-state index in [2.05, 4.69) is 16.0 Å². The number of rotatable bonds is 9. The molecule has 0 radical (unpaired) electrons. The van der Waals surface area contributed by atoms with Gasteiger partial charge in [0.2, 0.25) is 11.8 Å². The number of nitrogens with one attached hydrogen (secondary N) is 3. The molecule has 1 rings (SSSR count). The highest BCUT2D eigenvalue weighted by Gasteiger charge is 2.25. The van der Waals surface area contributed by atoms with Gasteiger partial charge in [0.25, 0.3) is 0 Å². The van der Waals surface area contributed by atoms with Gasteiger partial charge in [0, 0.05) is 19.4 Å². The maximum atomic E-state index is 12.5. The molecule has 148 valence electrons. The highest BCUT2D eigenvalue weighted by atomic mass is 16.6. The van der Waals surface area contributed by atoms with Gasteiger partial charge in [0.1, 0.15) is 19.3 Å². The van der Waals surface area contributed by atoms with E-state index >= 15 is 0 Å². The predicted molar refractivity (Wildman–Crippen MR) is 100 cm³/mol. The van der Waals surface area contributed by atoms with Gasteiger partial charge in [-0.2, -0.15) is 0 Å². The predicted octanol–water partition coefficient (Wildman–Crippen LogP) is 0.944. The molecule has 0 aliphatic heterocycles. The van der Waals surface area contributed by atoms with E-state index in [-0.39, 0.29) is 25.9 Å². The largest absolute Gasteiger partial charge is 0.444 e. The molecular weight excluding hydrogens is 350 g/mol. The standard InChI is InChI=1S/C19H27N3O5/c1-19(2,3)27-18(26)22-15(12-14-8-5-4-6-9-14)17(25)21-13-16(24)20-10-7-11-23/h4-6,8-9,11,15H,7,10,12-13H2,1-3H3,(H,20,24)(H,21,25)(H,22,26)/t15-/m0/s1/i11D. The summed E-state index contributed by atoms with van der Waals surface area (Å²) in [5, 5.41) is 7.41. The smallest absolute Gasteiger partial charge is 0.408 e. The quantitative estimate of drug-likeness (QED) is 0.554. The molecule has 0 aliphatic carbocycles. The fourth-order valence-corrected chi connectivity index (χ4v) is 2.11. The van der Waals surface area contributed by atoms with Crippen molar-refractivity contribution in [2.75, 3.05) is 13.1 Å². The van der Waals surface area contributed by atoms with Crippen LogP contribution in [0.3, 0.4) is 0 Å². The minimum atomic E-state index is -0.931. The van der Waals surface area contributed by atoms with E-state index in [1.165, 1.54) is 0 Å². The van der Waals surface area contributed by atoms with E-state index in [9.17, 15) is 19.2 Å². The van der Waals surface area contributed by atoms with Gasteiger partial charge in [-0.25, -0.2) is 4.79 Å². The Bertz CT molecular complexity index is 689. The number of amides is 3. The van der Waals surface area contributed by atoms with Crippen molar-refractivity contribution in [3.63, 3.8) is 0 Å². The molecule has 3 amide bonds. The molecule has 0 saturated carbocycles. The molecule has 0 bridgehead atoms. The topological polar surface area (TPSA) is 114 Å². The average molecular weight is 378 g/mol. The molecule has 0 fully saturated rings. The van der Waals surface area contributed by atoms with Gasteiger partial charge < -0.3 is 25.5 Å². The molecule has 27 heavy (non-hydrogen) atoms. The van der Waals surface area contributed by atoms with Crippen molar-refractivity contribution in [1.29, 1.82) is 0 Å². The first-order valence-electron chi connectivity index (χ1n) is 9.14. The summed E-state index contributed by atoms with van der Waals surface area (Å²) >= 11 is 0. The van der Waals surface area contributed by atoms with Gasteiger partial charge in [-0.3, -0.25) is 9.59 Å². The van der Waals surface area contributed by atoms with Crippen molar-refractivity contribution in [2.24, 2.45) is 0 Å². The second kappa shape index (κ2) is 10.9. The van der Waals surface area contributed by atoms with E-state index in [0.29, 0.717) is 0 Å². The first-order valence-corrected chi connectivity index (χ1v) is 8.64. The van der Waals surface area contributed by atoms with E-state index in [0.717, 1.165) is 5.56 Å². The van der Waals surface area contributed by atoms with Crippen LogP contribution < -0.4 is 16.0 Å². The molecule has 0 aliphatic rings. The highest BCUT2D eigenvalue weighted by Crippen LogP contribution is 2.08. The lowest BCUT2D eigenvalue weighted by Gasteiger charge is -2.23. The van der Waals surface area contributed by atoms with Crippen LogP contribution in [0.4, 0.5) is 4.79 Å². The SMILES string of the molecule is [2H]C(=O)CCNC(=O)CNC(=O)[C@H](Cc1ccccc1)NC(=O)OC(C)(C)C. The summed E-state index contributed by atoms with van der Waals surface area (Å²) in [6.45, 7) is 4.85. The van der Waals surface area contributed by atoms with Gasteiger partial charge in [0.05, 0.1) is 6.54 Å². The number of ether oxygens (including phenoxy) is 1. The Morgan fingerprint density at radius 2 is 1.85 bits per heavy atom. The van der Waals surface area contributed by atoms with Crippen molar-refractivity contribution < 1.29 is 25.3 Å². The number of hydrogen-bond donors (Lipinski definition) is 3. The Morgan fingerprint density at radius 1 is 1.19 bits per heavy atom. The van der Waals surface area contributed by atoms with E-state index < -0.39 is 35.8 Å². The van der Waals surface area contributed by atoms with E-state index in [1.807, 2.05) is 30.3 Å². The number of benzene rings is 1. The third kappa shape index (κ3) is 9.98. The van der Waals surface area contributed by atoms with Crippen LogP contribution in [-0.2, 0) is 25.5 Å². The zero-order valence-electron chi connectivity index (χ0n) is 16.8. The summed E-state index contributed by atoms with van der Waals surface area (Å²) in [6, 6.07) is 8.19. The molecular formula is C19H27N3O5. The zero-order chi connectivity index (χ0) is 21.2. The lowest BCUT2D eigenvalue weighted by molar-refractivity contribution is -0.127. The summed E-state index contributed by atoms with van der Waals surface area (Å²) in [7, 11) is 0. The number of carbonyl (C=O) groups excluding carboxylic acids is 4. The lowest BCUT2D eigenvalue weighted by Crippen LogP contribution is -2.51. The fraction of sp³-hybridized carbons (Fsp3) is 0.474. The maximum Gasteiger partial charge on any atom is 0.408 e. The van der Waals surface area contributed by atoms with Crippen molar-refractivity contribution in [2.45, 2.75) is 45.3 Å². The Hall–Kier alpha value is -2.90. The van der Waals surface area contributed by atoms with Crippen molar-refractivity contribution in [3.05, 3.63) is 35.9 Å². The van der Waals surface area contributed by atoms with Crippen molar-refractivity contribution in [1.82, 2.24) is 16.0 Å². The monoisotopic (exact) mass is 378 g/mol. The van der Waals surface area contributed by atoms with Gasteiger partial charge in [0.15, 0.2) is 0 Å². The fourth-order valence-electron chi connectivity index (χ4n) is 2.11. The Morgan fingerprint density at radius 3 is 2.44 bits per heavy atom. The zero-order valence-corrected chi connectivity index (χ0v) is 15.8. The van der Waals surface area contributed by atoms with Crippen LogP contribution in [0, 0.1) is 0 Å². The van der Waals surface area contributed by atoms with E-state index in [4.69, 9.17) is 6.11 Å². The van der Waals surface area contributed by atoms with Crippen LogP contribution >= 0.6 is 0 Å². The molecule has 1 aromatic rings. The molecule has 0 heterocycles. The van der Waals surface area contributed by atoms with Gasteiger partial charge in [-0.15, -0.1) is 0 Å². The van der Waals surface area contributed by atoms with Crippen LogP contribution in [-0.4, -0.2) is 48.9 Å². The first kappa shape index (κ1) is 20.4. The summed E-state index contributed by atoms with van der Waals surface area (Å²) in [5.41, 5.74) is 0.115. The maximum absolute atomic E-state index is 12.5. The second-order valence-electron chi connectivity index (χ2n) is 6.85. The molecule has 8 nitrogen and oxygen atoms in total. The van der Waals surface area contributed by atoms with Crippen LogP contribution in [0.25, 0.3) is 0 Å². The Labute approximate surface area is 160 Å². The van der Waals surface area contributed by atoms with Crippen LogP contribution in [0.1, 0.15) is 34.1 Å². The second-order valence-corrected chi connectivity index (χ2v) is 6.85. The first-order chi connectivity index (χ1) is 13.1. The molecule has 0 saturated heterocycles. The van der Waals surface area contributed by atoms with Crippen molar-refractivity contribution >= 4 is 24.2 Å². The third-order valence-corrected chi connectivity index (χ3v) is 3.26. The minimum Gasteiger partial charge on any atom is -0.444 e. The highest BCUT2D eigenvalue weighted by molar-refractivity contribution is 5.89. The molecule has 1 aromatic carbocycles. The van der Waals surface area contributed by atoms with Crippen LogP contribution in [0.5, 0.6) is 0 Å². The van der Waals surface area contributed by atoms with E-state index in [1.54, 1.807) is 20.8 Å². The third-order valence-electron chi connectivity index (χ3n) is 3.26. The Kier molecular flexibility index (Phi) is 8.28. The molecule has 0 spiro atoms. The summed E-state index contributed by atoms with van der Waals surface area (Å²) in [4.78, 5) is 46.8. The average Bonchev–Trinajstić information content (AvgIpc) is 2.58. The van der Waals surface area contributed by atoms with Gasteiger partial charge in [-0.05, 0) is 26.3 Å². The normalized spacial score (nSPS) is 12.3. The summed E-state index contributed by atoms with van der Waals surface area (Å²) < 4.78 is 12.0. The van der Waals surface area contributed by atoms with Gasteiger partial charge >= 0.3 is 6.09 Å². The molecule has 1 atom stereocenters. The number of aldehydes is 1. The minimum absolute atomic E-state index is 0.0284. The van der Waals surface area contributed by atoms with Crippen LogP contribution in [0.2, 0.25) is 0 Å². The molecule has 0 unspecified atom stereocenters. The van der Waals surface area contributed by atoms with Crippen molar-refractivity contribution in [3.8, 4) is 0 Å². The molecule has 0 aromatic heterocycles. The summed E-state index contributed by atoms with van der Waals surface area (Å²) in [6.07, 6.45) is -1.40. The summed E-state index contributed by atoms with van der Waals surface area (Å²) in [5.74, 6) is -1.04. The van der Waals surface area contributed by atoms with Crippen LogP contribution in [0.15, 0.2) is 30.3 Å². The number of alkyl carbamates (subject to hydrolysis) is 1. The Balaban J connectivity index is 2.66. The molecule has 8 heteroatoms. The number of carbonyl (C=O) groups is 4. The molecule has 3 N–H and O–H groups in total. The lowest BCUT2D eigenvalue weighted by atomic mass is 10.1. The van der Waals surface area contributed by atoms with Gasteiger partial charge in [-0.1, -0.05) is 30.3 Å².